The standard InChI is InChI=1S/C7H5NO4.C4H12N/c9-7(10)5-1-3-6(4-2-5)8(11)12;1-5(2,3)4/h1-4H,(H,9,10);1-4H3/q;+1/p-1. The first-order chi connectivity index (χ1) is 7.61. The van der Waals surface area contributed by atoms with Crippen molar-refractivity contribution in [2.45, 2.75) is 0 Å². The topological polar surface area (TPSA) is 83.3 Å². The molecule has 0 aromatic heterocycles. The summed E-state index contributed by atoms with van der Waals surface area (Å²) >= 11 is 0. The Kier molecular flexibility index (Phi) is 5.27. The van der Waals surface area contributed by atoms with Gasteiger partial charge in [-0.3, -0.25) is 10.1 Å². The van der Waals surface area contributed by atoms with Gasteiger partial charge in [-0.05, 0) is 17.7 Å². The van der Waals surface area contributed by atoms with Gasteiger partial charge in [0.15, 0.2) is 0 Å². The summed E-state index contributed by atoms with van der Waals surface area (Å²) < 4.78 is 1.00. The molecule has 1 aromatic rings. The Morgan fingerprint density at radius 3 is 1.71 bits per heavy atom. The summed E-state index contributed by atoms with van der Waals surface area (Å²) in [6.45, 7) is 0. The first-order valence-corrected chi connectivity index (χ1v) is 4.86. The van der Waals surface area contributed by atoms with Gasteiger partial charge in [0, 0.05) is 12.1 Å². The smallest absolute Gasteiger partial charge is 0.269 e. The lowest BCUT2D eigenvalue weighted by Gasteiger charge is -2.14. The van der Waals surface area contributed by atoms with Crippen LogP contribution >= 0.6 is 0 Å². The molecule has 1 aromatic carbocycles. The van der Waals surface area contributed by atoms with E-state index in [9.17, 15) is 20.0 Å². The summed E-state index contributed by atoms with van der Waals surface area (Å²) in [7, 11) is 8.50. The van der Waals surface area contributed by atoms with E-state index in [1.165, 1.54) is 0 Å². The van der Waals surface area contributed by atoms with Gasteiger partial charge in [-0.15, -0.1) is 0 Å². The zero-order chi connectivity index (χ0) is 13.6. The molecule has 0 N–H and O–H groups in total. The number of hydrogen-bond acceptors (Lipinski definition) is 4. The van der Waals surface area contributed by atoms with Gasteiger partial charge in [-0.2, -0.15) is 0 Å². The largest absolute Gasteiger partial charge is 0.545 e. The van der Waals surface area contributed by atoms with Crippen molar-refractivity contribution in [1.29, 1.82) is 0 Å². The van der Waals surface area contributed by atoms with E-state index in [4.69, 9.17) is 0 Å². The van der Waals surface area contributed by atoms with E-state index in [-0.39, 0.29) is 11.3 Å². The van der Waals surface area contributed by atoms with E-state index in [0.29, 0.717) is 0 Å². The Labute approximate surface area is 99.8 Å². The number of quaternary nitrogens is 1. The van der Waals surface area contributed by atoms with Crippen LogP contribution in [0.2, 0.25) is 0 Å². The van der Waals surface area contributed by atoms with Crippen LogP contribution in [0.4, 0.5) is 5.69 Å². The lowest BCUT2D eigenvalue weighted by atomic mass is 10.2. The van der Waals surface area contributed by atoms with E-state index in [1.54, 1.807) is 0 Å². The molecule has 0 radical (unpaired) electrons. The molecule has 94 valence electrons. The van der Waals surface area contributed by atoms with Gasteiger partial charge in [0.1, 0.15) is 0 Å². The summed E-state index contributed by atoms with van der Waals surface area (Å²) in [6, 6.07) is 4.50. The first kappa shape index (κ1) is 15.0. The lowest BCUT2D eigenvalue weighted by Crippen LogP contribution is -2.27. The molecule has 0 aliphatic heterocycles. The van der Waals surface area contributed by atoms with E-state index in [1.807, 2.05) is 0 Å². The van der Waals surface area contributed by atoms with Gasteiger partial charge < -0.3 is 14.4 Å². The highest BCUT2D eigenvalue weighted by Gasteiger charge is 2.03. The summed E-state index contributed by atoms with van der Waals surface area (Å²) in [5.41, 5.74) is -0.208. The number of carbonyl (C=O) groups excluding carboxylic acids is 1. The molecular weight excluding hydrogens is 224 g/mol. The second kappa shape index (κ2) is 5.95. The van der Waals surface area contributed by atoms with Crippen LogP contribution in [0.25, 0.3) is 0 Å². The minimum absolute atomic E-state index is 0.0689. The third kappa shape index (κ3) is 7.92. The van der Waals surface area contributed by atoms with Crippen molar-refractivity contribution in [1.82, 2.24) is 0 Å². The van der Waals surface area contributed by atoms with Crippen LogP contribution in [0.5, 0.6) is 0 Å². The predicted molar refractivity (Wildman–Crippen MR) is 61.4 cm³/mol. The summed E-state index contributed by atoms with van der Waals surface area (Å²) in [5.74, 6) is -1.34. The van der Waals surface area contributed by atoms with Crippen molar-refractivity contribution in [3.05, 3.63) is 39.9 Å². The number of rotatable bonds is 2. The number of nitrogens with zero attached hydrogens (tertiary/aromatic N) is 2. The number of aromatic carboxylic acids is 1. The fourth-order valence-corrected chi connectivity index (χ4v) is 0.719. The third-order valence-corrected chi connectivity index (χ3v) is 1.31. The number of carboxylic acids is 1. The van der Waals surface area contributed by atoms with Crippen LogP contribution < -0.4 is 5.11 Å². The van der Waals surface area contributed by atoms with Gasteiger partial charge in [0.2, 0.25) is 0 Å². The average Bonchev–Trinajstić information content (AvgIpc) is 2.15. The molecular formula is C11H16N2O4. The molecule has 0 bridgehead atoms. The van der Waals surface area contributed by atoms with E-state index < -0.39 is 10.9 Å². The Bertz CT molecular complexity index is 354. The van der Waals surface area contributed by atoms with Crippen LogP contribution in [0.1, 0.15) is 10.4 Å². The lowest BCUT2D eigenvalue weighted by molar-refractivity contribution is -0.849. The maximum Gasteiger partial charge on any atom is 0.269 e. The first-order valence-electron chi connectivity index (χ1n) is 4.86. The number of nitro groups is 1. The van der Waals surface area contributed by atoms with Gasteiger partial charge in [-0.1, -0.05) is 0 Å². The van der Waals surface area contributed by atoms with Gasteiger partial charge in [0.05, 0.1) is 39.1 Å². The van der Waals surface area contributed by atoms with Crippen LogP contribution in [0.3, 0.4) is 0 Å². The maximum atomic E-state index is 10.2. The van der Waals surface area contributed by atoms with E-state index in [2.05, 4.69) is 28.2 Å². The van der Waals surface area contributed by atoms with Crippen molar-refractivity contribution in [3.63, 3.8) is 0 Å². The van der Waals surface area contributed by atoms with Crippen molar-refractivity contribution >= 4 is 11.7 Å². The maximum absolute atomic E-state index is 10.2. The molecule has 0 fully saturated rings. The Hall–Kier alpha value is -1.95. The monoisotopic (exact) mass is 240 g/mol. The number of nitro benzene ring substituents is 1. The number of benzene rings is 1. The summed E-state index contributed by atoms with van der Waals surface area (Å²) in [5, 5.41) is 20.3. The molecule has 6 heteroatoms. The number of non-ortho nitro benzene ring substituents is 1. The highest BCUT2D eigenvalue weighted by atomic mass is 16.6. The minimum Gasteiger partial charge on any atom is -0.545 e. The molecule has 0 heterocycles. The highest BCUT2D eigenvalue weighted by Crippen LogP contribution is 2.10. The number of carbonyl (C=O) groups is 1. The summed E-state index contributed by atoms with van der Waals surface area (Å²) in [4.78, 5) is 19.7. The summed E-state index contributed by atoms with van der Waals surface area (Å²) in [6.07, 6.45) is 0. The molecule has 1 rings (SSSR count). The quantitative estimate of drug-likeness (QED) is 0.422. The van der Waals surface area contributed by atoms with E-state index in [0.717, 1.165) is 28.7 Å². The highest BCUT2D eigenvalue weighted by molar-refractivity contribution is 5.85. The third-order valence-electron chi connectivity index (χ3n) is 1.31. The molecule has 0 atom stereocenters. The number of carboxylic acid groups (broad SMARTS) is 1. The molecule has 0 spiro atoms. The molecule has 0 amide bonds. The van der Waals surface area contributed by atoms with Crippen LogP contribution in [-0.4, -0.2) is 43.6 Å². The molecule has 17 heavy (non-hydrogen) atoms. The molecule has 0 saturated carbocycles. The van der Waals surface area contributed by atoms with Crippen LogP contribution in [-0.2, 0) is 0 Å². The molecule has 0 aliphatic rings. The fourth-order valence-electron chi connectivity index (χ4n) is 0.719. The van der Waals surface area contributed by atoms with Crippen molar-refractivity contribution < 1.29 is 19.3 Å². The minimum atomic E-state index is -1.34. The molecule has 6 nitrogen and oxygen atoms in total. The second-order valence-electron chi connectivity index (χ2n) is 4.77. The normalized spacial score (nSPS) is 10.1. The van der Waals surface area contributed by atoms with Crippen molar-refractivity contribution in [3.8, 4) is 0 Å². The molecule has 0 unspecified atom stereocenters. The number of hydrogen-bond donors (Lipinski definition) is 0. The van der Waals surface area contributed by atoms with Gasteiger partial charge in [-0.25, -0.2) is 0 Å². The van der Waals surface area contributed by atoms with Crippen LogP contribution in [0.15, 0.2) is 24.3 Å². The van der Waals surface area contributed by atoms with E-state index >= 15 is 0 Å². The van der Waals surface area contributed by atoms with Crippen molar-refractivity contribution in [2.75, 3.05) is 28.2 Å². The fraction of sp³-hybridized carbons (Fsp3) is 0.364. The van der Waals surface area contributed by atoms with Crippen LogP contribution in [0, 0.1) is 10.1 Å². The van der Waals surface area contributed by atoms with Gasteiger partial charge >= 0.3 is 0 Å². The Morgan fingerprint density at radius 1 is 1.12 bits per heavy atom. The zero-order valence-electron chi connectivity index (χ0n) is 10.3. The second-order valence-corrected chi connectivity index (χ2v) is 4.77. The molecule has 0 saturated heterocycles. The Morgan fingerprint density at radius 2 is 1.47 bits per heavy atom. The zero-order valence-corrected chi connectivity index (χ0v) is 10.3. The average molecular weight is 240 g/mol. The SMILES string of the molecule is C[N+](C)(C)C.O=C([O-])c1ccc([N+](=O)[O-])cc1. The van der Waals surface area contributed by atoms with Gasteiger partial charge in [0.25, 0.3) is 5.69 Å². The predicted octanol–water partition coefficient (Wildman–Crippen LogP) is 0.281. The molecule has 0 aliphatic carbocycles. The Balaban J connectivity index is 0.000000437. The van der Waals surface area contributed by atoms with Crippen molar-refractivity contribution in [2.24, 2.45) is 0 Å².